The van der Waals surface area contributed by atoms with Crippen LogP contribution in [0.3, 0.4) is 0 Å². The summed E-state index contributed by atoms with van der Waals surface area (Å²) in [6.45, 7) is 3.16. The number of hydrogen-bond donors (Lipinski definition) is 3. The molecule has 0 bridgehead atoms. The van der Waals surface area contributed by atoms with Gasteiger partial charge in [0.2, 0.25) is 5.58 Å². The lowest BCUT2D eigenvalue weighted by molar-refractivity contribution is 0.0940. The lowest BCUT2D eigenvalue weighted by Gasteiger charge is -2.18. The average molecular weight is 483 g/mol. The van der Waals surface area contributed by atoms with E-state index in [-0.39, 0.29) is 18.6 Å². The first-order chi connectivity index (χ1) is 16.4. The first-order valence-corrected chi connectivity index (χ1v) is 11.2. The number of nitrogen functional groups attached to an aromatic ring is 1. The first-order valence-electron chi connectivity index (χ1n) is 10.8. The molecule has 176 valence electrons. The molecule has 4 heterocycles. The molecule has 3 aromatic heterocycles. The number of aryl methyl sites for hydroxylation is 1. The molecule has 1 aliphatic rings. The van der Waals surface area contributed by atoms with Crippen molar-refractivity contribution in [2.75, 3.05) is 30.3 Å². The van der Waals surface area contributed by atoms with Gasteiger partial charge in [-0.3, -0.25) is 4.79 Å². The number of nitrogens with two attached hydrogens (primary N) is 1. The number of aliphatic hydroxyl groups excluding tert-OH is 1. The summed E-state index contributed by atoms with van der Waals surface area (Å²) < 4.78 is 6.96. The van der Waals surface area contributed by atoms with E-state index in [4.69, 9.17) is 27.0 Å². The van der Waals surface area contributed by atoms with Gasteiger partial charge in [0.1, 0.15) is 0 Å². The number of halogens is 1. The Kier molecular flexibility index (Phi) is 5.80. The lowest BCUT2D eigenvalue weighted by Crippen LogP contribution is -2.37. The fourth-order valence-corrected chi connectivity index (χ4v) is 4.36. The number of rotatable bonds is 6. The molecule has 0 unspecified atom stereocenters. The maximum atomic E-state index is 12.9. The molecule has 4 aromatic rings. The zero-order chi connectivity index (χ0) is 23.8. The Bertz CT molecular complexity index is 1370. The number of nitrogens with zero attached hydrogens (tertiary/aromatic N) is 6. The second-order valence-corrected chi connectivity index (χ2v) is 8.64. The van der Waals surface area contributed by atoms with E-state index in [1.54, 1.807) is 29.1 Å². The van der Waals surface area contributed by atoms with Crippen LogP contribution in [0.2, 0.25) is 5.02 Å². The SMILES string of the molecule is Cc1cc2c(N)noc2c(N2CC[C@@H](NC(=O)c3ccc(-n4cc(CCO)nn4)cc3Cl)C2)n1. The average Bonchev–Trinajstić information content (AvgIpc) is 3.55. The number of fused-ring (bicyclic) bond motifs is 1. The highest BCUT2D eigenvalue weighted by Crippen LogP contribution is 2.31. The van der Waals surface area contributed by atoms with Crippen LogP contribution in [0.25, 0.3) is 16.7 Å². The van der Waals surface area contributed by atoms with Crippen LogP contribution in [0.1, 0.15) is 28.2 Å². The van der Waals surface area contributed by atoms with Crippen molar-refractivity contribution in [3.8, 4) is 5.69 Å². The number of aromatic nitrogens is 5. The van der Waals surface area contributed by atoms with Gasteiger partial charge >= 0.3 is 0 Å². The molecule has 4 N–H and O–H groups in total. The molecule has 12 heteroatoms. The molecule has 1 amide bonds. The van der Waals surface area contributed by atoms with Crippen molar-refractivity contribution >= 4 is 40.1 Å². The van der Waals surface area contributed by atoms with Crippen LogP contribution in [-0.4, -0.2) is 61.9 Å². The number of benzene rings is 1. The van der Waals surface area contributed by atoms with Crippen molar-refractivity contribution in [2.45, 2.75) is 25.8 Å². The summed E-state index contributed by atoms with van der Waals surface area (Å²) in [5.74, 6) is 0.750. The summed E-state index contributed by atoms with van der Waals surface area (Å²) in [7, 11) is 0. The number of anilines is 2. The number of nitrogens with one attached hydrogen (secondary N) is 1. The van der Waals surface area contributed by atoms with E-state index >= 15 is 0 Å². The minimum atomic E-state index is -0.255. The van der Waals surface area contributed by atoms with Gasteiger partial charge in [0.25, 0.3) is 5.91 Å². The molecule has 0 spiro atoms. The highest BCUT2D eigenvalue weighted by Gasteiger charge is 2.28. The smallest absolute Gasteiger partial charge is 0.253 e. The topological polar surface area (TPSA) is 148 Å². The Hall–Kier alpha value is -3.70. The van der Waals surface area contributed by atoms with E-state index in [0.717, 1.165) is 17.5 Å². The lowest BCUT2D eigenvalue weighted by atomic mass is 10.1. The summed E-state index contributed by atoms with van der Waals surface area (Å²) in [6.07, 6.45) is 2.88. The fourth-order valence-electron chi connectivity index (χ4n) is 4.10. The van der Waals surface area contributed by atoms with E-state index in [1.165, 1.54) is 0 Å². The molecule has 1 atom stereocenters. The third-order valence-electron chi connectivity index (χ3n) is 5.79. The molecule has 0 saturated carbocycles. The highest BCUT2D eigenvalue weighted by atomic mass is 35.5. The third-order valence-corrected chi connectivity index (χ3v) is 6.10. The summed E-state index contributed by atoms with van der Waals surface area (Å²) >= 11 is 6.42. The van der Waals surface area contributed by atoms with Gasteiger partial charge in [0.05, 0.1) is 33.6 Å². The molecule has 0 radical (unpaired) electrons. The quantitative estimate of drug-likeness (QED) is 0.374. The van der Waals surface area contributed by atoms with Gasteiger partial charge in [-0.2, -0.15) is 0 Å². The van der Waals surface area contributed by atoms with Crippen LogP contribution < -0.4 is 16.0 Å². The third kappa shape index (κ3) is 4.15. The number of carbonyl (C=O) groups is 1. The zero-order valence-electron chi connectivity index (χ0n) is 18.4. The first kappa shape index (κ1) is 22.1. The van der Waals surface area contributed by atoms with Crippen molar-refractivity contribution in [2.24, 2.45) is 0 Å². The Labute approximate surface area is 199 Å². The highest BCUT2D eigenvalue weighted by molar-refractivity contribution is 6.34. The van der Waals surface area contributed by atoms with Crippen molar-refractivity contribution in [1.29, 1.82) is 0 Å². The Morgan fingerprint density at radius 2 is 2.24 bits per heavy atom. The predicted molar refractivity (Wildman–Crippen MR) is 126 cm³/mol. The van der Waals surface area contributed by atoms with Crippen molar-refractivity contribution in [3.63, 3.8) is 0 Å². The molecular formula is C22H23ClN8O3. The van der Waals surface area contributed by atoms with Crippen molar-refractivity contribution in [1.82, 2.24) is 30.5 Å². The van der Waals surface area contributed by atoms with Gasteiger partial charge in [0, 0.05) is 37.9 Å². The van der Waals surface area contributed by atoms with E-state index in [0.29, 0.717) is 58.7 Å². The van der Waals surface area contributed by atoms with Gasteiger partial charge in [-0.1, -0.05) is 22.0 Å². The Morgan fingerprint density at radius 1 is 1.38 bits per heavy atom. The number of hydrogen-bond acceptors (Lipinski definition) is 9. The number of amides is 1. The molecule has 1 aliphatic heterocycles. The largest absolute Gasteiger partial charge is 0.396 e. The number of aliphatic hydroxyl groups is 1. The molecule has 11 nitrogen and oxygen atoms in total. The van der Waals surface area contributed by atoms with Gasteiger partial charge in [-0.15, -0.1) is 5.10 Å². The Balaban J connectivity index is 1.28. The van der Waals surface area contributed by atoms with Gasteiger partial charge < -0.3 is 25.6 Å². The van der Waals surface area contributed by atoms with E-state index in [9.17, 15) is 4.79 Å². The second kappa shape index (κ2) is 8.92. The van der Waals surface area contributed by atoms with Crippen LogP contribution in [-0.2, 0) is 6.42 Å². The van der Waals surface area contributed by atoms with E-state index in [2.05, 4.69) is 30.7 Å². The van der Waals surface area contributed by atoms with Gasteiger partial charge in [-0.05, 0) is 37.6 Å². The monoisotopic (exact) mass is 482 g/mol. The van der Waals surface area contributed by atoms with Crippen molar-refractivity contribution < 1.29 is 14.4 Å². The maximum Gasteiger partial charge on any atom is 0.253 e. The number of carbonyl (C=O) groups excluding carboxylic acids is 1. The fraction of sp³-hybridized carbons (Fsp3) is 0.318. The minimum absolute atomic E-state index is 0.00553. The summed E-state index contributed by atoms with van der Waals surface area (Å²) in [4.78, 5) is 19.6. The van der Waals surface area contributed by atoms with Crippen molar-refractivity contribution in [3.05, 3.63) is 52.4 Å². The molecular weight excluding hydrogens is 460 g/mol. The summed E-state index contributed by atoms with van der Waals surface area (Å²) in [6, 6.07) is 6.84. The number of pyridine rings is 1. The second-order valence-electron chi connectivity index (χ2n) is 8.23. The summed E-state index contributed by atoms with van der Waals surface area (Å²) in [5, 5.41) is 25.0. The molecule has 1 aromatic carbocycles. The summed E-state index contributed by atoms with van der Waals surface area (Å²) in [5.41, 5.74) is 8.98. The van der Waals surface area contributed by atoms with Crippen LogP contribution >= 0.6 is 11.6 Å². The minimum Gasteiger partial charge on any atom is -0.396 e. The van der Waals surface area contributed by atoms with E-state index in [1.807, 2.05) is 13.0 Å². The van der Waals surface area contributed by atoms with Crippen LogP contribution in [0.4, 0.5) is 11.6 Å². The van der Waals surface area contributed by atoms with Crippen LogP contribution in [0.15, 0.2) is 35.0 Å². The Morgan fingerprint density at radius 3 is 3.03 bits per heavy atom. The van der Waals surface area contributed by atoms with Gasteiger partial charge in [-0.25, -0.2) is 9.67 Å². The van der Waals surface area contributed by atoms with E-state index < -0.39 is 0 Å². The standard InChI is InChI=1S/C22H23ClN8O3/c1-12-8-17-19(34-28-20(17)24)21(25-12)30-6-4-13(10-30)26-22(33)16-3-2-15(9-18(16)23)31-11-14(5-7-32)27-29-31/h2-3,8-9,11,13,32H,4-7,10H2,1H3,(H2,24,28)(H,26,33)/t13-/m1/s1. The maximum absolute atomic E-state index is 12.9. The predicted octanol–water partition coefficient (Wildman–Crippen LogP) is 1.89. The molecule has 0 aliphatic carbocycles. The van der Waals surface area contributed by atoms with Crippen LogP contribution in [0.5, 0.6) is 0 Å². The van der Waals surface area contributed by atoms with Gasteiger partial charge in [0.15, 0.2) is 11.6 Å². The molecule has 5 rings (SSSR count). The molecule has 1 saturated heterocycles. The molecule has 34 heavy (non-hydrogen) atoms. The van der Waals surface area contributed by atoms with Crippen LogP contribution in [0, 0.1) is 6.92 Å². The normalized spacial score (nSPS) is 15.9. The zero-order valence-corrected chi connectivity index (χ0v) is 19.2. The molecule has 1 fully saturated rings.